The van der Waals surface area contributed by atoms with Crippen LogP contribution in [0.4, 0.5) is 13.2 Å². The summed E-state index contributed by atoms with van der Waals surface area (Å²) in [7, 11) is 0. The molecule has 0 bridgehead atoms. The fourth-order valence-electron chi connectivity index (χ4n) is 1.70. The van der Waals surface area contributed by atoms with Crippen molar-refractivity contribution in [3.05, 3.63) is 42.1 Å². The molecule has 0 amide bonds. The topological polar surface area (TPSA) is 43.8 Å². The van der Waals surface area contributed by atoms with E-state index in [0.717, 1.165) is 12.1 Å². The van der Waals surface area contributed by atoms with Gasteiger partial charge in [0.15, 0.2) is 0 Å². The monoisotopic (exact) mass is 269 g/mol. The predicted octanol–water partition coefficient (Wildman–Crippen LogP) is 3.09. The van der Waals surface area contributed by atoms with E-state index in [9.17, 15) is 13.2 Å². The summed E-state index contributed by atoms with van der Waals surface area (Å²) in [4.78, 5) is 0. The third-order valence-electron chi connectivity index (χ3n) is 2.89. The van der Waals surface area contributed by atoms with Crippen LogP contribution in [0.3, 0.4) is 0 Å². The van der Waals surface area contributed by atoms with E-state index in [-0.39, 0.29) is 6.04 Å². The molecule has 1 atom stereocenters. The van der Waals surface area contributed by atoms with Crippen LogP contribution < -0.4 is 5.73 Å². The Kier molecular flexibility index (Phi) is 3.61. The lowest BCUT2D eigenvalue weighted by atomic mass is 10.1. The van der Waals surface area contributed by atoms with Crippen LogP contribution in [-0.4, -0.2) is 16.3 Å². The summed E-state index contributed by atoms with van der Waals surface area (Å²) >= 11 is 0. The zero-order valence-electron chi connectivity index (χ0n) is 10.4. The van der Waals surface area contributed by atoms with E-state index < -0.39 is 11.7 Å². The van der Waals surface area contributed by atoms with Crippen molar-refractivity contribution in [2.75, 3.05) is 6.54 Å². The lowest BCUT2D eigenvalue weighted by molar-refractivity contribution is -0.137. The number of nitrogens with zero attached hydrogens (tertiary/aromatic N) is 2. The smallest absolute Gasteiger partial charge is 0.328 e. The van der Waals surface area contributed by atoms with E-state index in [2.05, 4.69) is 5.10 Å². The van der Waals surface area contributed by atoms with Crippen molar-refractivity contribution in [3.63, 3.8) is 0 Å². The van der Waals surface area contributed by atoms with Gasteiger partial charge >= 0.3 is 6.18 Å². The zero-order valence-corrected chi connectivity index (χ0v) is 10.4. The molecule has 0 saturated heterocycles. The van der Waals surface area contributed by atoms with E-state index >= 15 is 0 Å². The first-order valence-electron chi connectivity index (χ1n) is 5.84. The molecule has 1 aromatic heterocycles. The van der Waals surface area contributed by atoms with Gasteiger partial charge in [0.25, 0.3) is 0 Å². The SMILES string of the molecule is CC(CN)n1ccc(-c2cccc(C(F)(F)F)c2)n1. The normalized spacial score (nSPS) is 13.5. The average molecular weight is 269 g/mol. The van der Waals surface area contributed by atoms with Crippen molar-refractivity contribution >= 4 is 0 Å². The molecule has 0 aliphatic heterocycles. The molecule has 1 heterocycles. The van der Waals surface area contributed by atoms with Crippen LogP contribution in [0, 0.1) is 0 Å². The fourth-order valence-corrected chi connectivity index (χ4v) is 1.70. The van der Waals surface area contributed by atoms with Gasteiger partial charge in [0, 0.05) is 18.3 Å². The molecule has 0 spiro atoms. The molecule has 102 valence electrons. The van der Waals surface area contributed by atoms with Gasteiger partial charge in [0.05, 0.1) is 17.3 Å². The Morgan fingerprint density at radius 3 is 2.68 bits per heavy atom. The largest absolute Gasteiger partial charge is 0.416 e. The highest BCUT2D eigenvalue weighted by Gasteiger charge is 2.30. The molecular formula is C13H14F3N3. The summed E-state index contributed by atoms with van der Waals surface area (Å²) in [5.41, 5.74) is 5.80. The number of halogens is 3. The minimum atomic E-state index is -4.34. The van der Waals surface area contributed by atoms with Crippen LogP contribution >= 0.6 is 0 Å². The number of rotatable bonds is 3. The van der Waals surface area contributed by atoms with Gasteiger partial charge < -0.3 is 5.73 Å². The van der Waals surface area contributed by atoms with E-state index in [1.54, 1.807) is 23.0 Å². The molecule has 1 aromatic carbocycles. The number of aromatic nitrogens is 2. The second-order valence-corrected chi connectivity index (χ2v) is 4.34. The molecule has 0 saturated carbocycles. The third kappa shape index (κ3) is 2.96. The number of benzene rings is 1. The first-order chi connectivity index (χ1) is 8.91. The van der Waals surface area contributed by atoms with E-state index in [1.807, 2.05) is 6.92 Å². The minimum absolute atomic E-state index is 0.0135. The molecule has 6 heteroatoms. The summed E-state index contributed by atoms with van der Waals surface area (Å²) in [5.74, 6) is 0. The lowest BCUT2D eigenvalue weighted by Gasteiger charge is -2.09. The van der Waals surface area contributed by atoms with Crippen LogP contribution in [-0.2, 0) is 6.18 Å². The van der Waals surface area contributed by atoms with E-state index in [1.165, 1.54) is 6.07 Å². The minimum Gasteiger partial charge on any atom is -0.328 e. The van der Waals surface area contributed by atoms with Gasteiger partial charge in [-0.15, -0.1) is 0 Å². The van der Waals surface area contributed by atoms with Gasteiger partial charge in [0.2, 0.25) is 0 Å². The Labute approximate surface area is 108 Å². The van der Waals surface area contributed by atoms with Crippen LogP contribution in [0.15, 0.2) is 36.5 Å². The molecule has 3 nitrogen and oxygen atoms in total. The standard InChI is InChI=1S/C13H14F3N3/c1-9(8-17)19-6-5-12(18-19)10-3-2-4-11(7-10)13(14,15)16/h2-7,9H,8,17H2,1H3. The molecule has 1 unspecified atom stereocenters. The zero-order chi connectivity index (χ0) is 14.0. The Morgan fingerprint density at radius 1 is 1.32 bits per heavy atom. The molecular weight excluding hydrogens is 255 g/mol. The predicted molar refractivity (Wildman–Crippen MR) is 66.4 cm³/mol. The van der Waals surface area contributed by atoms with Crippen molar-refractivity contribution in [2.24, 2.45) is 5.73 Å². The first-order valence-corrected chi connectivity index (χ1v) is 5.84. The van der Waals surface area contributed by atoms with Gasteiger partial charge in [-0.05, 0) is 25.1 Å². The quantitative estimate of drug-likeness (QED) is 0.930. The number of hydrogen-bond acceptors (Lipinski definition) is 2. The van der Waals surface area contributed by atoms with Crippen molar-refractivity contribution in [1.82, 2.24) is 9.78 Å². The molecule has 0 radical (unpaired) electrons. The van der Waals surface area contributed by atoms with Crippen LogP contribution in [0.5, 0.6) is 0 Å². The maximum absolute atomic E-state index is 12.6. The van der Waals surface area contributed by atoms with E-state index in [0.29, 0.717) is 17.8 Å². The Balaban J connectivity index is 2.34. The van der Waals surface area contributed by atoms with Gasteiger partial charge in [0.1, 0.15) is 0 Å². The third-order valence-corrected chi connectivity index (χ3v) is 2.89. The molecule has 2 aromatic rings. The summed E-state index contributed by atoms with van der Waals surface area (Å²) in [6.45, 7) is 2.31. The van der Waals surface area contributed by atoms with Gasteiger partial charge in [-0.1, -0.05) is 12.1 Å². The molecule has 0 aliphatic rings. The molecule has 0 fully saturated rings. The first kappa shape index (κ1) is 13.6. The number of hydrogen-bond donors (Lipinski definition) is 1. The summed E-state index contributed by atoms with van der Waals surface area (Å²) in [6, 6.07) is 6.82. The van der Waals surface area contributed by atoms with Crippen LogP contribution in [0.1, 0.15) is 18.5 Å². The maximum Gasteiger partial charge on any atom is 0.416 e. The van der Waals surface area contributed by atoms with E-state index in [4.69, 9.17) is 5.73 Å². The van der Waals surface area contributed by atoms with Crippen LogP contribution in [0.25, 0.3) is 11.3 Å². The van der Waals surface area contributed by atoms with Gasteiger partial charge in [-0.25, -0.2) is 0 Å². The Hall–Kier alpha value is -1.82. The summed E-state index contributed by atoms with van der Waals surface area (Å²) < 4.78 is 39.5. The second-order valence-electron chi connectivity index (χ2n) is 4.34. The molecule has 0 aliphatic carbocycles. The van der Waals surface area contributed by atoms with Gasteiger partial charge in [-0.3, -0.25) is 4.68 Å². The second kappa shape index (κ2) is 5.05. The highest BCUT2D eigenvalue weighted by Crippen LogP contribution is 2.31. The fraction of sp³-hybridized carbons (Fsp3) is 0.308. The van der Waals surface area contributed by atoms with Crippen LogP contribution in [0.2, 0.25) is 0 Å². The highest BCUT2D eigenvalue weighted by atomic mass is 19.4. The average Bonchev–Trinajstić information content (AvgIpc) is 2.86. The van der Waals surface area contributed by atoms with Gasteiger partial charge in [-0.2, -0.15) is 18.3 Å². The van der Waals surface area contributed by atoms with Crippen molar-refractivity contribution in [3.8, 4) is 11.3 Å². The maximum atomic E-state index is 12.6. The summed E-state index contributed by atoms with van der Waals surface area (Å²) in [6.07, 6.45) is -2.63. The number of alkyl halides is 3. The molecule has 2 N–H and O–H groups in total. The number of nitrogens with two attached hydrogens (primary N) is 1. The summed E-state index contributed by atoms with van der Waals surface area (Å²) in [5, 5.41) is 4.24. The Morgan fingerprint density at radius 2 is 2.05 bits per heavy atom. The lowest BCUT2D eigenvalue weighted by Crippen LogP contribution is -2.16. The highest BCUT2D eigenvalue weighted by molar-refractivity contribution is 5.59. The van der Waals surface area contributed by atoms with Crippen molar-refractivity contribution < 1.29 is 13.2 Å². The molecule has 19 heavy (non-hydrogen) atoms. The van der Waals surface area contributed by atoms with Crippen molar-refractivity contribution in [1.29, 1.82) is 0 Å². The Bertz CT molecular complexity index is 560. The van der Waals surface area contributed by atoms with Crippen molar-refractivity contribution in [2.45, 2.75) is 19.1 Å². The molecule has 2 rings (SSSR count).